The van der Waals surface area contributed by atoms with E-state index in [4.69, 9.17) is 5.73 Å². The van der Waals surface area contributed by atoms with Crippen LogP contribution in [0.25, 0.3) is 10.9 Å². The van der Waals surface area contributed by atoms with Gasteiger partial charge in [0.15, 0.2) is 0 Å². The van der Waals surface area contributed by atoms with Crippen molar-refractivity contribution >= 4 is 22.4 Å². The second kappa shape index (κ2) is 4.46. The van der Waals surface area contributed by atoms with Crippen molar-refractivity contribution < 1.29 is 5.11 Å². The van der Waals surface area contributed by atoms with E-state index in [1.54, 1.807) is 0 Å². The van der Waals surface area contributed by atoms with Gasteiger partial charge in [-0.05, 0) is 44.2 Å². The van der Waals surface area contributed by atoms with Gasteiger partial charge >= 0.3 is 0 Å². The van der Waals surface area contributed by atoms with Crippen LogP contribution in [-0.2, 0) is 0 Å². The standard InChI is InChI=1S/C14H19N3O/c1-14(2,9-18)17(3)13-7-4-10-8-11(15)5-6-12(10)16-13/h4-8,18H,9,15H2,1-3H3. The minimum absolute atomic E-state index is 0.0744. The number of nitrogens with two attached hydrogens (primary N) is 1. The number of rotatable bonds is 3. The summed E-state index contributed by atoms with van der Waals surface area (Å²) in [6.07, 6.45) is 0. The van der Waals surface area contributed by atoms with Gasteiger partial charge in [-0.3, -0.25) is 0 Å². The minimum atomic E-state index is -0.339. The number of hydrogen-bond donors (Lipinski definition) is 2. The Hall–Kier alpha value is -1.81. The normalized spacial score (nSPS) is 11.8. The first-order valence-corrected chi connectivity index (χ1v) is 5.95. The smallest absolute Gasteiger partial charge is 0.129 e. The molecule has 0 aliphatic rings. The van der Waals surface area contributed by atoms with Crippen LogP contribution in [0.5, 0.6) is 0 Å². The SMILES string of the molecule is CN(c1ccc2cc(N)ccc2n1)C(C)(C)CO. The zero-order valence-electron chi connectivity index (χ0n) is 11.0. The Morgan fingerprint density at radius 1 is 1.28 bits per heavy atom. The maximum atomic E-state index is 9.39. The minimum Gasteiger partial charge on any atom is -0.399 e. The Balaban J connectivity index is 2.44. The van der Waals surface area contributed by atoms with Gasteiger partial charge in [0.25, 0.3) is 0 Å². The molecular formula is C14H19N3O. The third-order valence-corrected chi connectivity index (χ3v) is 3.34. The molecule has 0 saturated heterocycles. The molecule has 0 atom stereocenters. The summed E-state index contributed by atoms with van der Waals surface area (Å²) < 4.78 is 0. The van der Waals surface area contributed by atoms with E-state index in [0.29, 0.717) is 0 Å². The highest BCUT2D eigenvalue weighted by Crippen LogP contribution is 2.23. The van der Waals surface area contributed by atoms with E-state index in [0.717, 1.165) is 22.4 Å². The molecule has 1 aromatic heterocycles. The van der Waals surface area contributed by atoms with Crippen LogP contribution in [0.4, 0.5) is 11.5 Å². The lowest BCUT2D eigenvalue weighted by atomic mass is 10.1. The predicted octanol–water partition coefficient (Wildman–Crippen LogP) is 2.02. The van der Waals surface area contributed by atoms with E-state index in [2.05, 4.69) is 4.98 Å². The number of anilines is 2. The topological polar surface area (TPSA) is 62.4 Å². The predicted molar refractivity (Wildman–Crippen MR) is 75.7 cm³/mol. The first kappa shape index (κ1) is 12.6. The zero-order valence-corrected chi connectivity index (χ0v) is 11.0. The number of aromatic nitrogens is 1. The van der Waals surface area contributed by atoms with E-state index < -0.39 is 0 Å². The fourth-order valence-electron chi connectivity index (χ4n) is 1.74. The maximum Gasteiger partial charge on any atom is 0.129 e. The van der Waals surface area contributed by atoms with Crippen molar-refractivity contribution in [3.63, 3.8) is 0 Å². The molecule has 1 heterocycles. The quantitative estimate of drug-likeness (QED) is 0.812. The van der Waals surface area contributed by atoms with Crippen LogP contribution in [-0.4, -0.2) is 29.3 Å². The largest absolute Gasteiger partial charge is 0.399 e. The molecule has 0 saturated carbocycles. The molecule has 0 amide bonds. The van der Waals surface area contributed by atoms with Crippen molar-refractivity contribution in [3.8, 4) is 0 Å². The summed E-state index contributed by atoms with van der Waals surface area (Å²) in [7, 11) is 1.93. The van der Waals surface area contributed by atoms with Gasteiger partial charge < -0.3 is 15.7 Å². The number of fused-ring (bicyclic) bond motifs is 1. The highest BCUT2D eigenvalue weighted by molar-refractivity contribution is 5.83. The van der Waals surface area contributed by atoms with Crippen LogP contribution in [0, 0.1) is 0 Å². The zero-order chi connectivity index (χ0) is 13.3. The summed E-state index contributed by atoms with van der Waals surface area (Å²) >= 11 is 0. The molecule has 3 N–H and O–H groups in total. The van der Waals surface area contributed by atoms with E-state index in [1.165, 1.54) is 0 Å². The first-order valence-electron chi connectivity index (χ1n) is 5.95. The van der Waals surface area contributed by atoms with Crippen LogP contribution in [0.1, 0.15) is 13.8 Å². The molecule has 0 aliphatic heterocycles. The molecule has 18 heavy (non-hydrogen) atoms. The number of likely N-dealkylation sites (N-methyl/N-ethyl adjacent to an activating group) is 1. The second-order valence-electron chi connectivity index (χ2n) is 5.15. The van der Waals surface area contributed by atoms with Gasteiger partial charge in [0, 0.05) is 18.1 Å². The molecule has 0 unspecified atom stereocenters. The Morgan fingerprint density at radius 3 is 2.67 bits per heavy atom. The van der Waals surface area contributed by atoms with Crippen LogP contribution in [0.3, 0.4) is 0 Å². The van der Waals surface area contributed by atoms with Crippen molar-refractivity contribution in [2.45, 2.75) is 19.4 Å². The number of pyridine rings is 1. The number of aliphatic hydroxyl groups excluding tert-OH is 1. The van der Waals surface area contributed by atoms with Crippen LogP contribution in [0.2, 0.25) is 0 Å². The van der Waals surface area contributed by atoms with Gasteiger partial charge in [-0.25, -0.2) is 4.98 Å². The Morgan fingerprint density at radius 2 is 2.00 bits per heavy atom. The highest BCUT2D eigenvalue weighted by atomic mass is 16.3. The summed E-state index contributed by atoms with van der Waals surface area (Å²) in [6.45, 7) is 4.02. The van der Waals surface area contributed by atoms with E-state index in [-0.39, 0.29) is 12.1 Å². The lowest BCUT2D eigenvalue weighted by Gasteiger charge is -2.35. The Labute approximate surface area is 107 Å². The maximum absolute atomic E-state index is 9.39. The summed E-state index contributed by atoms with van der Waals surface area (Å²) in [6, 6.07) is 9.60. The van der Waals surface area contributed by atoms with Crippen molar-refractivity contribution in [1.82, 2.24) is 4.98 Å². The van der Waals surface area contributed by atoms with Crippen LogP contribution < -0.4 is 10.6 Å². The molecule has 4 heteroatoms. The molecule has 2 rings (SSSR count). The van der Waals surface area contributed by atoms with Gasteiger partial charge in [-0.15, -0.1) is 0 Å². The van der Waals surface area contributed by atoms with Gasteiger partial charge in [0.05, 0.1) is 17.7 Å². The summed E-state index contributed by atoms with van der Waals surface area (Å²) in [5.41, 5.74) is 7.04. The van der Waals surface area contributed by atoms with Crippen molar-refractivity contribution in [1.29, 1.82) is 0 Å². The molecule has 0 fully saturated rings. The van der Waals surface area contributed by atoms with Crippen LogP contribution in [0.15, 0.2) is 30.3 Å². The van der Waals surface area contributed by atoms with Gasteiger partial charge in [-0.2, -0.15) is 0 Å². The Kier molecular flexibility index (Phi) is 3.13. The van der Waals surface area contributed by atoms with Gasteiger partial charge in [0.1, 0.15) is 5.82 Å². The number of benzene rings is 1. The third-order valence-electron chi connectivity index (χ3n) is 3.34. The second-order valence-corrected chi connectivity index (χ2v) is 5.15. The van der Waals surface area contributed by atoms with Crippen molar-refractivity contribution in [2.24, 2.45) is 0 Å². The number of nitrogen functional groups attached to an aromatic ring is 1. The first-order chi connectivity index (χ1) is 8.44. The fraction of sp³-hybridized carbons (Fsp3) is 0.357. The fourth-order valence-corrected chi connectivity index (χ4v) is 1.74. The lowest BCUT2D eigenvalue weighted by Crippen LogP contribution is -2.44. The molecule has 0 radical (unpaired) electrons. The molecule has 0 bridgehead atoms. The molecule has 1 aromatic carbocycles. The van der Waals surface area contributed by atoms with Gasteiger partial charge in [-0.1, -0.05) is 0 Å². The number of hydrogen-bond acceptors (Lipinski definition) is 4. The summed E-state index contributed by atoms with van der Waals surface area (Å²) in [5.74, 6) is 0.839. The number of aliphatic hydroxyl groups is 1. The average Bonchev–Trinajstić information content (AvgIpc) is 2.37. The third kappa shape index (κ3) is 2.24. The van der Waals surface area contributed by atoms with Crippen molar-refractivity contribution in [3.05, 3.63) is 30.3 Å². The average molecular weight is 245 g/mol. The Bertz CT molecular complexity index is 566. The molecular weight excluding hydrogens is 226 g/mol. The highest BCUT2D eigenvalue weighted by Gasteiger charge is 2.23. The molecule has 0 spiro atoms. The lowest BCUT2D eigenvalue weighted by molar-refractivity contribution is 0.215. The monoisotopic (exact) mass is 245 g/mol. The molecule has 4 nitrogen and oxygen atoms in total. The van der Waals surface area contributed by atoms with E-state index in [9.17, 15) is 5.11 Å². The van der Waals surface area contributed by atoms with Crippen LogP contribution >= 0.6 is 0 Å². The van der Waals surface area contributed by atoms with E-state index in [1.807, 2.05) is 56.1 Å². The van der Waals surface area contributed by atoms with Crippen molar-refractivity contribution in [2.75, 3.05) is 24.3 Å². The molecule has 0 aliphatic carbocycles. The summed E-state index contributed by atoms with van der Waals surface area (Å²) in [5, 5.41) is 10.4. The van der Waals surface area contributed by atoms with E-state index >= 15 is 0 Å². The number of nitrogens with zero attached hydrogens (tertiary/aromatic N) is 2. The molecule has 96 valence electrons. The summed E-state index contributed by atoms with van der Waals surface area (Å²) in [4.78, 5) is 6.56. The molecule has 2 aromatic rings. The van der Waals surface area contributed by atoms with Gasteiger partial charge in [0.2, 0.25) is 0 Å².